The van der Waals surface area contributed by atoms with Gasteiger partial charge in [0.25, 0.3) is 0 Å². The highest BCUT2D eigenvalue weighted by atomic mass is 79.9. The summed E-state index contributed by atoms with van der Waals surface area (Å²) in [4.78, 5) is 12.1. The van der Waals surface area contributed by atoms with Crippen molar-refractivity contribution in [3.05, 3.63) is 96.9 Å². The molecule has 0 radical (unpaired) electrons. The topological polar surface area (TPSA) is 50.7 Å². The van der Waals surface area contributed by atoms with Crippen molar-refractivity contribution in [3.8, 4) is 5.75 Å². The molecule has 0 aliphatic rings. The highest BCUT2D eigenvalue weighted by Crippen LogP contribution is 2.28. The van der Waals surface area contributed by atoms with Gasteiger partial charge in [-0.05, 0) is 82.4 Å². The molecule has 0 saturated carbocycles. The molecule has 1 N–H and O–H groups in total. The number of nitrogens with one attached hydrogen (secondary N) is 1. The van der Waals surface area contributed by atoms with Gasteiger partial charge in [0.1, 0.15) is 12.4 Å². The Morgan fingerprint density at radius 1 is 1.06 bits per heavy atom. The lowest BCUT2D eigenvalue weighted by Crippen LogP contribution is -2.19. The fourth-order valence-electron chi connectivity index (χ4n) is 2.83. The second-order valence-electron chi connectivity index (χ2n) is 7.10. The zero-order valence-corrected chi connectivity index (χ0v) is 20.2. The summed E-state index contributed by atoms with van der Waals surface area (Å²) < 4.78 is 6.60. The molecule has 0 spiro atoms. The Bertz CT molecular complexity index is 1130. The van der Waals surface area contributed by atoms with Gasteiger partial charge in [-0.3, -0.25) is 4.79 Å². The molecule has 3 rings (SSSR count). The number of aryl methyl sites for hydroxylation is 2. The number of halogens is 3. The van der Waals surface area contributed by atoms with Crippen molar-refractivity contribution in [2.24, 2.45) is 5.10 Å². The van der Waals surface area contributed by atoms with E-state index in [1.54, 1.807) is 18.3 Å². The van der Waals surface area contributed by atoms with Gasteiger partial charge in [0.2, 0.25) is 5.91 Å². The van der Waals surface area contributed by atoms with Gasteiger partial charge in [0.15, 0.2) is 0 Å². The molecule has 0 heterocycles. The Kier molecular flexibility index (Phi) is 8.13. The third-order valence-electron chi connectivity index (χ3n) is 4.69. The lowest BCUT2D eigenvalue weighted by atomic mass is 10.0. The zero-order valence-electron chi connectivity index (χ0n) is 17.1. The molecule has 3 aromatic carbocycles. The maximum atomic E-state index is 12.1. The minimum absolute atomic E-state index is 0.168. The predicted molar refractivity (Wildman–Crippen MR) is 130 cm³/mol. The molecule has 0 atom stereocenters. The maximum Gasteiger partial charge on any atom is 0.244 e. The third kappa shape index (κ3) is 6.82. The smallest absolute Gasteiger partial charge is 0.244 e. The SMILES string of the molecule is Cc1ccc(CC(=O)N/N=C\c2ccc(OCc3ccc(Cl)cc3Cl)c(Br)c2)cc1C. The van der Waals surface area contributed by atoms with E-state index >= 15 is 0 Å². The first kappa shape index (κ1) is 23.3. The fourth-order valence-corrected chi connectivity index (χ4v) is 3.80. The van der Waals surface area contributed by atoms with E-state index in [2.05, 4.69) is 26.5 Å². The van der Waals surface area contributed by atoms with Crippen LogP contribution >= 0.6 is 39.1 Å². The second kappa shape index (κ2) is 10.8. The summed E-state index contributed by atoms with van der Waals surface area (Å²) in [5.41, 5.74) is 7.55. The molecule has 0 bridgehead atoms. The molecule has 31 heavy (non-hydrogen) atoms. The van der Waals surface area contributed by atoms with Crippen LogP contribution in [0.15, 0.2) is 64.2 Å². The van der Waals surface area contributed by atoms with Crippen LogP contribution in [0.3, 0.4) is 0 Å². The van der Waals surface area contributed by atoms with Crippen LogP contribution in [0.25, 0.3) is 0 Å². The van der Waals surface area contributed by atoms with Gasteiger partial charge >= 0.3 is 0 Å². The summed E-state index contributed by atoms with van der Waals surface area (Å²) >= 11 is 15.6. The summed E-state index contributed by atoms with van der Waals surface area (Å²) in [6.07, 6.45) is 1.87. The molecule has 0 aromatic heterocycles. The molecule has 7 heteroatoms. The van der Waals surface area contributed by atoms with Crippen molar-refractivity contribution in [3.63, 3.8) is 0 Å². The Hall–Kier alpha value is -2.34. The van der Waals surface area contributed by atoms with Crippen LogP contribution in [0.5, 0.6) is 5.75 Å². The summed E-state index contributed by atoms with van der Waals surface area (Å²) in [5, 5.41) is 5.19. The largest absolute Gasteiger partial charge is 0.488 e. The van der Waals surface area contributed by atoms with Crippen LogP contribution in [0.4, 0.5) is 0 Å². The molecule has 160 valence electrons. The van der Waals surface area contributed by atoms with Gasteiger partial charge in [0.05, 0.1) is 17.1 Å². The molecular formula is C24H21BrCl2N2O2. The normalized spacial score (nSPS) is 11.0. The number of ether oxygens (including phenoxy) is 1. The maximum absolute atomic E-state index is 12.1. The van der Waals surface area contributed by atoms with Crippen molar-refractivity contribution < 1.29 is 9.53 Å². The van der Waals surface area contributed by atoms with Gasteiger partial charge in [-0.15, -0.1) is 0 Å². The van der Waals surface area contributed by atoms with Crippen LogP contribution in [-0.2, 0) is 17.8 Å². The molecule has 1 amide bonds. The van der Waals surface area contributed by atoms with E-state index in [0.29, 0.717) is 22.4 Å². The Morgan fingerprint density at radius 3 is 2.58 bits per heavy atom. The minimum atomic E-state index is -0.168. The van der Waals surface area contributed by atoms with E-state index in [0.717, 1.165) is 21.2 Å². The fraction of sp³-hybridized carbons (Fsp3) is 0.167. The van der Waals surface area contributed by atoms with Crippen LogP contribution < -0.4 is 10.2 Å². The zero-order chi connectivity index (χ0) is 22.4. The van der Waals surface area contributed by atoms with E-state index < -0.39 is 0 Å². The van der Waals surface area contributed by atoms with E-state index in [1.807, 2.05) is 56.3 Å². The van der Waals surface area contributed by atoms with Crippen molar-refractivity contribution in [2.75, 3.05) is 0 Å². The molecule has 0 aliphatic heterocycles. The first-order valence-electron chi connectivity index (χ1n) is 9.56. The highest BCUT2D eigenvalue weighted by Gasteiger charge is 2.07. The minimum Gasteiger partial charge on any atom is -0.488 e. The molecule has 0 saturated heterocycles. The summed E-state index contributed by atoms with van der Waals surface area (Å²) in [6.45, 7) is 4.39. The van der Waals surface area contributed by atoms with Gasteiger partial charge in [0, 0.05) is 15.6 Å². The lowest BCUT2D eigenvalue weighted by molar-refractivity contribution is -0.120. The van der Waals surface area contributed by atoms with Gasteiger partial charge in [-0.1, -0.05) is 47.5 Å². The number of nitrogens with zero attached hydrogens (tertiary/aromatic N) is 1. The Morgan fingerprint density at radius 2 is 1.87 bits per heavy atom. The lowest BCUT2D eigenvalue weighted by Gasteiger charge is -2.10. The van der Waals surface area contributed by atoms with Crippen molar-refractivity contribution >= 4 is 51.3 Å². The van der Waals surface area contributed by atoms with Crippen LogP contribution in [0.2, 0.25) is 10.0 Å². The second-order valence-corrected chi connectivity index (χ2v) is 8.80. The molecule has 0 fully saturated rings. The Labute approximate surface area is 200 Å². The number of amides is 1. The molecule has 4 nitrogen and oxygen atoms in total. The molecule has 0 aliphatic carbocycles. The average molecular weight is 520 g/mol. The van der Waals surface area contributed by atoms with Crippen LogP contribution in [0.1, 0.15) is 27.8 Å². The first-order chi connectivity index (χ1) is 14.8. The predicted octanol–water partition coefficient (Wildman–Crippen LogP) is 6.64. The summed E-state index contributed by atoms with van der Waals surface area (Å²) in [7, 11) is 0. The summed E-state index contributed by atoms with van der Waals surface area (Å²) in [6, 6.07) is 16.8. The standard InChI is InChI=1S/C24H21BrCl2N2O2/c1-15-3-4-17(9-16(15)2)11-24(30)29-28-13-18-5-8-23(21(25)10-18)31-14-19-6-7-20(26)12-22(19)27/h3-10,12-13H,11,14H2,1-2H3,(H,29,30)/b28-13-. The average Bonchev–Trinajstić information content (AvgIpc) is 2.71. The van der Waals surface area contributed by atoms with E-state index in [4.69, 9.17) is 27.9 Å². The van der Waals surface area contributed by atoms with Gasteiger partial charge in [-0.2, -0.15) is 5.10 Å². The number of hydrogen-bond donors (Lipinski definition) is 1. The number of carbonyl (C=O) groups is 1. The van der Waals surface area contributed by atoms with Crippen LogP contribution in [-0.4, -0.2) is 12.1 Å². The van der Waals surface area contributed by atoms with Crippen LogP contribution in [0, 0.1) is 13.8 Å². The monoisotopic (exact) mass is 518 g/mol. The highest BCUT2D eigenvalue weighted by molar-refractivity contribution is 9.10. The van der Waals surface area contributed by atoms with E-state index in [9.17, 15) is 4.79 Å². The van der Waals surface area contributed by atoms with E-state index in [-0.39, 0.29) is 12.3 Å². The van der Waals surface area contributed by atoms with E-state index in [1.165, 1.54) is 11.1 Å². The number of rotatable bonds is 7. The summed E-state index contributed by atoms with van der Waals surface area (Å²) in [5.74, 6) is 0.500. The van der Waals surface area contributed by atoms with Crippen molar-refractivity contribution in [1.29, 1.82) is 0 Å². The van der Waals surface area contributed by atoms with Crippen molar-refractivity contribution in [1.82, 2.24) is 5.43 Å². The third-order valence-corrected chi connectivity index (χ3v) is 5.90. The number of hydrazone groups is 1. The molecular weight excluding hydrogens is 499 g/mol. The first-order valence-corrected chi connectivity index (χ1v) is 11.1. The Balaban J connectivity index is 1.54. The number of benzene rings is 3. The quantitative estimate of drug-likeness (QED) is 0.281. The van der Waals surface area contributed by atoms with Gasteiger partial charge in [-0.25, -0.2) is 5.43 Å². The molecule has 0 unspecified atom stereocenters. The van der Waals surface area contributed by atoms with Crippen molar-refractivity contribution in [2.45, 2.75) is 26.9 Å². The molecule has 3 aromatic rings. The van der Waals surface area contributed by atoms with Gasteiger partial charge < -0.3 is 4.74 Å². The number of hydrogen-bond acceptors (Lipinski definition) is 3. The number of carbonyl (C=O) groups excluding carboxylic acids is 1.